The molecule has 0 aliphatic carbocycles. The highest BCUT2D eigenvalue weighted by molar-refractivity contribution is 8.00. The highest BCUT2D eigenvalue weighted by atomic mass is 35.5. The van der Waals surface area contributed by atoms with Crippen LogP contribution in [-0.4, -0.2) is 13.0 Å². The molecule has 0 unspecified atom stereocenters. The Hall–Kier alpha value is -2.43. The molecule has 0 saturated heterocycles. The molecule has 0 bridgehead atoms. The molecular formula is C21H18ClNO2S. The molecule has 0 fully saturated rings. The Kier molecular flexibility index (Phi) is 6.21. The van der Waals surface area contributed by atoms with Crippen molar-refractivity contribution in [1.82, 2.24) is 0 Å². The number of hydrogen-bond acceptors (Lipinski definition) is 3. The molecule has 0 radical (unpaired) electrons. The molecule has 3 aromatic rings. The number of rotatable bonds is 6. The van der Waals surface area contributed by atoms with Crippen LogP contribution in [0.25, 0.3) is 0 Å². The van der Waals surface area contributed by atoms with Crippen LogP contribution >= 0.6 is 23.4 Å². The predicted octanol–water partition coefficient (Wildman–Crippen LogP) is 5.82. The summed E-state index contributed by atoms with van der Waals surface area (Å²) in [5, 5.41) is 3.03. The maximum atomic E-state index is 13.0. The van der Waals surface area contributed by atoms with Gasteiger partial charge >= 0.3 is 0 Å². The average Bonchev–Trinajstić information content (AvgIpc) is 2.68. The van der Waals surface area contributed by atoms with Crippen molar-refractivity contribution in [3.05, 3.63) is 89.4 Å². The minimum absolute atomic E-state index is 0.105. The molecule has 0 aliphatic rings. The largest absolute Gasteiger partial charge is 0.495 e. The van der Waals surface area contributed by atoms with Gasteiger partial charge < -0.3 is 10.1 Å². The van der Waals surface area contributed by atoms with E-state index >= 15 is 0 Å². The summed E-state index contributed by atoms with van der Waals surface area (Å²) in [5.41, 5.74) is 1.58. The number of amides is 1. The highest BCUT2D eigenvalue weighted by Gasteiger charge is 2.22. The molecule has 0 saturated carbocycles. The lowest BCUT2D eigenvalue weighted by Gasteiger charge is -2.17. The fourth-order valence-electron chi connectivity index (χ4n) is 2.49. The van der Waals surface area contributed by atoms with Gasteiger partial charge in [-0.2, -0.15) is 0 Å². The lowest BCUT2D eigenvalue weighted by molar-refractivity contribution is -0.115. The Balaban J connectivity index is 1.84. The molecule has 3 rings (SSSR count). The standard InChI is InChI=1S/C21H18ClNO2S/c1-25-19-13-12-16(14-18(19)22)23-21(24)20(15-8-4-2-5-9-15)26-17-10-6-3-7-11-17/h2-14,20H,1H3,(H,23,24)/t20-/m0/s1. The van der Waals surface area contributed by atoms with E-state index in [1.165, 1.54) is 11.8 Å². The first-order valence-corrected chi connectivity index (χ1v) is 9.34. The summed E-state index contributed by atoms with van der Waals surface area (Å²) in [6.07, 6.45) is 0. The number of hydrogen-bond donors (Lipinski definition) is 1. The zero-order valence-corrected chi connectivity index (χ0v) is 15.8. The van der Waals surface area contributed by atoms with Crippen molar-refractivity contribution in [2.45, 2.75) is 10.1 Å². The number of ether oxygens (including phenoxy) is 1. The van der Waals surface area contributed by atoms with Gasteiger partial charge in [-0.05, 0) is 35.9 Å². The summed E-state index contributed by atoms with van der Waals surface area (Å²) in [5.74, 6) is 0.467. The zero-order valence-electron chi connectivity index (χ0n) is 14.2. The third-order valence-electron chi connectivity index (χ3n) is 3.76. The predicted molar refractivity (Wildman–Crippen MR) is 108 cm³/mol. The Labute approximate surface area is 162 Å². The number of carbonyl (C=O) groups excluding carboxylic acids is 1. The van der Waals surface area contributed by atoms with Gasteiger partial charge in [-0.1, -0.05) is 60.1 Å². The maximum Gasteiger partial charge on any atom is 0.242 e. The number of anilines is 1. The number of nitrogens with one attached hydrogen (secondary N) is 1. The number of thioether (sulfide) groups is 1. The number of benzene rings is 3. The van der Waals surface area contributed by atoms with Gasteiger partial charge in [0, 0.05) is 10.6 Å². The molecular weight excluding hydrogens is 366 g/mol. The summed E-state index contributed by atoms with van der Waals surface area (Å²) in [7, 11) is 1.56. The van der Waals surface area contributed by atoms with Crippen LogP contribution in [0.3, 0.4) is 0 Å². The first kappa shape index (κ1) is 18.4. The third kappa shape index (κ3) is 4.59. The van der Waals surface area contributed by atoms with Crippen LogP contribution in [0, 0.1) is 0 Å². The quantitative estimate of drug-likeness (QED) is 0.545. The summed E-state index contributed by atoms with van der Waals surface area (Å²) in [4.78, 5) is 14.0. The van der Waals surface area contributed by atoms with Gasteiger partial charge in [-0.25, -0.2) is 0 Å². The van der Waals surface area contributed by atoms with Gasteiger partial charge in [0.05, 0.1) is 12.1 Å². The van der Waals surface area contributed by atoms with Crippen LogP contribution < -0.4 is 10.1 Å². The second-order valence-corrected chi connectivity index (χ2v) is 7.15. The van der Waals surface area contributed by atoms with E-state index in [0.717, 1.165) is 10.5 Å². The van der Waals surface area contributed by atoms with E-state index in [9.17, 15) is 4.79 Å². The molecule has 26 heavy (non-hydrogen) atoms. The van der Waals surface area contributed by atoms with Gasteiger partial charge in [0.2, 0.25) is 5.91 Å². The van der Waals surface area contributed by atoms with Crippen molar-refractivity contribution in [1.29, 1.82) is 0 Å². The van der Waals surface area contributed by atoms with Crippen LogP contribution in [0.1, 0.15) is 10.8 Å². The van der Waals surface area contributed by atoms with E-state index in [1.54, 1.807) is 25.3 Å². The lowest BCUT2D eigenvalue weighted by atomic mass is 10.1. The zero-order chi connectivity index (χ0) is 18.4. The summed E-state index contributed by atoms with van der Waals surface area (Å²) < 4.78 is 5.15. The fourth-order valence-corrected chi connectivity index (χ4v) is 3.79. The van der Waals surface area contributed by atoms with Crippen molar-refractivity contribution < 1.29 is 9.53 Å². The smallest absolute Gasteiger partial charge is 0.242 e. The average molecular weight is 384 g/mol. The summed E-state index contributed by atoms with van der Waals surface area (Å²) >= 11 is 7.67. The summed E-state index contributed by atoms with van der Waals surface area (Å²) in [6.45, 7) is 0. The Morgan fingerprint density at radius 2 is 1.65 bits per heavy atom. The van der Waals surface area contributed by atoms with Gasteiger partial charge in [-0.15, -0.1) is 11.8 Å². The van der Waals surface area contributed by atoms with E-state index in [-0.39, 0.29) is 11.2 Å². The normalized spacial score (nSPS) is 11.6. The van der Waals surface area contributed by atoms with E-state index in [0.29, 0.717) is 16.5 Å². The number of halogens is 1. The molecule has 3 nitrogen and oxygen atoms in total. The molecule has 0 spiro atoms. The van der Waals surface area contributed by atoms with E-state index in [2.05, 4.69) is 5.32 Å². The Bertz CT molecular complexity index is 872. The van der Waals surface area contributed by atoms with Crippen LogP contribution in [0.2, 0.25) is 5.02 Å². The minimum atomic E-state index is -0.375. The SMILES string of the molecule is COc1ccc(NC(=O)[C@@H](Sc2ccccc2)c2ccccc2)cc1Cl. The highest BCUT2D eigenvalue weighted by Crippen LogP contribution is 2.36. The lowest BCUT2D eigenvalue weighted by Crippen LogP contribution is -2.19. The molecule has 1 atom stereocenters. The van der Waals surface area contributed by atoms with Gasteiger partial charge in [-0.3, -0.25) is 4.79 Å². The molecule has 0 aliphatic heterocycles. The van der Waals surface area contributed by atoms with Crippen molar-refractivity contribution in [3.63, 3.8) is 0 Å². The monoisotopic (exact) mass is 383 g/mol. The molecule has 5 heteroatoms. The van der Waals surface area contributed by atoms with Gasteiger partial charge in [0.25, 0.3) is 0 Å². The van der Waals surface area contributed by atoms with E-state index < -0.39 is 0 Å². The van der Waals surface area contributed by atoms with Crippen molar-refractivity contribution in [2.75, 3.05) is 12.4 Å². The fraction of sp³-hybridized carbons (Fsp3) is 0.0952. The molecule has 1 amide bonds. The van der Waals surface area contributed by atoms with E-state index in [1.807, 2.05) is 60.7 Å². The molecule has 0 aromatic heterocycles. The first-order valence-electron chi connectivity index (χ1n) is 8.08. The van der Waals surface area contributed by atoms with Gasteiger partial charge in [0.15, 0.2) is 0 Å². The second-order valence-electron chi connectivity index (χ2n) is 5.56. The Morgan fingerprint density at radius 3 is 2.27 bits per heavy atom. The third-order valence-corrected chi connectivity index (χ3v) is 5.32. The number of carbonyl (C=O) groups is 1. The molecule has 132 valence electrons. The molecule has 1 N–H and O–H groups in total. The maximum absolute atomic E-state index is 13.0. The molecule has 3 aromatic carbocycles. The van der Waals surface area contributed by atoms with Crippen molar-refractivity contribution in [2.24, 2.45) is 0 Å². The van der Waals surface area contributed by atoms with E-state index in [4.69, 9.17) is 16.3 Å². The first-order chi connectivity index (χ1) is 12.7. The number of methoxy groups -OCH3 is 1. The van der Waals surface area contributed by atoms with Crippen molar-refractivity contribution >= 4 is 35.0 Å². The minimum Gasteiger partial charge on any atom is -0.495 e. The second kappa shape index (κ2) is 8.79. The Morgan fingerprint density at radius 1 is 1.00 bits per heavy atom. The molecule has 0 heterocycles. The van der Waals surface area contributed by atoms with Crippen LogP contribution in [0.15, 0.2) is 83.8 Å². The van der Waals surface area contributed by atoms with Crippen LogP contribution in [0.5, 0.6) is 5.75 Å². The van der Waals surface area contributed by atoms with Gasteiger partial charge in [0.1, 0.15) is 11.0 Å². The topological polar surface area (TPSA) is 38.3 Å². The van der Waals surface area contributed by atoms with Crippen LogP contribution in [-0.2, 0) is 4.79 Å². The van der Waals surface area contributed by atoms with Crippen LogP contribution in [0.4, 0.5) is 5.69 Å². The van der Waals surface area contributed by atoms with Crippen molar-refractivity contribution in [3.8, 4) is 5.75 Å². The summed E-state index contributed by atoms with van der Waals surface area (Å²) in [6, 6.07) is 24.8.